The third kappa shape index (κ3) is 9.63. The molecular formula is C32H38N4O4. The van der Waals surface area contributed by atoms with Crippen molar-refractivity contribution in [2.24, 2.45) is 5.10 Å². The van der Waals surface area contributed by atoms with Gasteiger partial charge in [0, 0.05) is 44.8 Å². The van der Waals surface area contributed by atoms with Crippen molar-refractivity contribution in [2.45, 2.75) is 39.5 Å². The van der Waals surface area contributed by atoms with Crippen molar-refractivity contribution in [3.63, 3.8) is 0 Å². The second-order valence-electron chi connectivity index (χ2n) is 10.9. The number of ether oxygens (including phenoxy) is 2. The number of benzene rings is 3. The maximum absolute atomic E-state index is 12.5. The molecule has 8 nitrogen and oxygen atoms in total. The number of hydrazone groups is 1. The molecule has 40 heavy (non-hydrogen) atoms. The lowest BCUT2D eigenvalue weighted by molar-refractivity contribution is -0.157. The van der Waals surface area contributed by atoms with E-state index in [-0.39, 0.29) is 12.5 Å². The maximum atomic E-state index is 12.5. The lowest BCUT2D eigenvalue weighted by Gasteiger charge is -2.34. The number of hydrogen-bond donors (Lipinski definition) is 1. The van der Waals surface area contributed by atoms with E-state index in [1.807, 2.05) is 45.0 Å². The second-order valence-corrected chi connectivity index (χ2v) is 10.9. The number of nitrogens with zero attached hydrogens (tertiary/aromatic N) is 3. The monoisotopic (exact) mass is 542 g/mol. The maximum Gasteiger partial charge on any atom is 0.344 e. The summed E-state index contributed by atoms with van der Waals surface area (Å²) in [7, 11) is 0. The van der Waals surface area contributed by atoms with E-state index < -0.39 is 11.6 Å². The summed E-state index contributed by atoms with van der Waals surface area (Å²) in [4.78, 5) is 29.2. The molecule has 1 aliphatic rings. The number of carbonyl (C=O) groups excluding carboxylic acids is 2. The molecule has 1 N–H and O–H groups in total. The van der Waals surface area contributed by atoms with Gasteiger partial charge in [0.2, 0.25) is 0 Å². The number of rotatable bonds is 10. The van der Waals surface area contributed by atoms with Gasteiger partial charge in [0.25, 0.3) is 5.91 Å². The Bertz CT molecular complexity index is 1260. The Labute approximate surface area is 236 Å². The van der Waals surface area contributed by atoms with E-state index in [0.29, 0.717) is 11.3 Å². The molecule has 0 bridgehead atoms. The molecule has 3 aromatic carbocycles. The van der Waals surface area contributed by atoms with E-state index >= 15 is 0 Å². The molecule has 1 heterocycles. The van der Waals surface area contributed by atoms with Crippen molar-refractivity contribution in [1.82, 2.24) is 15.2 Å². The summed E-state index contributed by atoms with van der Waals surface area (Å²) in [5.41, 5.74) is 5.90. The highest BCUT2D eigenvalue weighted by molar-refractivity contribution is 5.94. The van der Waals surface area contributed by atoms with Crippen LogP contribution in [0.5, 0.6) is 5.75 Å². The number of piperazine rings is 1. The van der Waals surface area contributed by atoms with Gasteiger partial charge in [0.1, 0.15) is 11.4 Å². The molecule has 0 aliphatic carbocycles. The summed E-state index contributed by atoms with van der Waals surface area (Å²) >= 11 is 0. The van der Waals surface area contributed by atoms with Crippen LogP contribution in [0.1, 0.15) is 47.8 Å². The molecule has 4 rings (SSSR count). The van der Waals surface area contributed by atoms with Crippen LogP contribution in [0.2, 0.25) is 0 Å². The predicted molar refractivity (Wildman–Crippen MR) is 156 cm³/mol. The number of carbonyl (C=O) groups is 2. The first-order valence-electron chi connectivity index (χ1n) is 13.6. The molecule has 3 aromatic rings. The molecule has 1 amide bonds. The van der Waals surface area contributed by atoms with Gasteiger partial charge in [0.15, 0.2) is 6.61 Å². The van der Waals surface area contributed by atoms with Crippen LogP contribution < -0.4 is 10.2 Å². The van der Waals surface area contributed by atoms with Gasteiger partial charge in [-0.25, -0.2) is 10.2 Å². The van der Waals surface area contributed by atoms with Crippen LogP contribution in [0.3, 0.4) is 0 Å². The molecular weight excluding hydrogens is 504 g/mol. The van der Waals surface area contributed by atoms with Crippen molar-refractivity contribution in [3.05, 3.63) is 101 Å². The first-order chi connectivity index (χ1) is 19.2. The SMILES string of the molecule is CC(C)(C)OC(=O)COc1ccc(/C=N\NC(=O)c2ccc(CN3CCN(Cc4ccccc4)CC3)cc2)cc1. The van der Waals surface area contributed by atoms with E-state index in [1.54, 1.807) is 30.5 Å². The van der Waals surface area contributed by atoms with Crippen LogP contribution in [0.4, 0.5) is 0 Å². The molecule has 0 radical (unpaired) electrons. The van der Waals surface area contributed by atoms with Gasteiger partial charge >= 0.3 is 5.97 Å². The minimum absolute atomic E-state index is 0.162. The Morgan fingerprint density at radius 3 is 1.98 bits per heavy atom. The molecule has 1 fully saturated rings. The van der Waals surface area contributed by atoms with Crippen LogP contribution >= 0.6 is 0 Å². The predicted octanol–water partition coefficient (Wildman–Crippen LogP) is 4.49. The van der Waals surface area contributed by atoms with E-state index in [2.05, 4.69) is 50.7 Å². The van der Waals surface area contributed by atoms with E-state index in [4.69, 9.17) is 9.47 Å². The Balaban J connectivity index is 1.17. The van der Waals surface area contributed by atoms with Crippen molar-refractivity contribution in [1.29, 1.82) is 0 Å². The molecule has 0 aromatic heterocycles. The third-order valence-electron chi connectivity index (χ3n) is 6.37. The molecule has 0 saturated carbocycles. The fraction of sp³-hybridized carbons (Fsp3) is 0.344. The molecule has 210 valence electrons. The van der Waals surface area contributed by atoms with Crippen molar-refractivity contribution >= 4 is 18.1 Å². The molecule has 0 atom stereocenters. The third-order valence-corrected chi connectivity index (χ3v) is 6.37. The number of amides is 1. The highest BCUT2D eigenvalue weighted by Gasteiger charge is 2.18. The average molecular weight is 543 g/mol. The summed E-state index contributed by atoms with van der Waals surface area (Å²) in [6, 6.07) is 25.3. The van der Waals surface area contributed by atoms with Crippen LogP contribution in [0.15, 0.2) is 84.0 Å². The lowest BCUT2D eigenvalue weighted by atomic mass is 10.1. The summed E-state index contributed by atoms with van der Waals surface area (Å²) < 4.78 is 10.7. The van der Waals surface area contributed by atoms with E-state index in [1.165, 1.54) is 11.1 Å². The highest BCUT2D eigenvalue weighted by Crippen LogP contribution is 2.14. The van der Waals surface area contributed by atoms with Gasteiger partial charge in [-0.3, -0.25) is 14.6 Å². The van der Waals surface area contributed by atoms with Gasteiger partial charge < -0.3 is 9.47 Å². The number of hydrogen-bond acceptors (Lipinski definition) is 7. The minimum atomic E-state index is -0.549. The number of esters is 1. The topological polar surface area (TPSA) is 83.5 Å². The summed E-state index contributed by atoms with van der Waals surface area (Å²) in [5, 5.41) is 4.06. The zero-order valence-electron chi connectivity index (χ0n) is 23.5. The quantitative estimate of drug-likeness (QED) is 0.231. The van der Waals surface area contributed by atoms with Crippen LogP contribution in [-0.4, -0.2) is 66.3 Å². The molecule has 8 heteroatoms. The fourth-order valence-electron chi connectivity index (χ4n) is 4.36. The summed E-state index contributed by atoms with van der Waals surface area (Å²) in [6.07, 6.45) is 1.56. The Kier molecular flexibility index (Phi) is 10.0. The van der Waals surface area contributed by atoms with E-state index in [9.17, 15) is 9.59 Å². The minimum Gasteiger partial charge on any atom is -0.482 e. The Morgan fingerprint density at radius 2 is 1.40 bits per heavy atom. The van der Waals surface area contributed by atoms with Gasteiger partial charge in [-0.1, -0.05) is 42.5 Å². The summed E-state index contributed by atoms with van der Waals surface area (Å²) in [5.74, 6) is -0.151. The molecule has 1 saturated heterocycles. The van der Waals surface area contributed by atoms with Gasteiger partial charge in [-0.2, -0.15) is 5.10 Å². The smallest absolute Gasteiger partial charge is 0.344 e. The Hall–Kier alpha value is -4.01. The largest absolute Gasteiger partial charge is 0.482 e. The first-order valence-corrected chi connectivity index (χ1v) is 13.6. The van der Waals surface area contributed by atoms with Crippen LogP contribution in [0.25, 0.3) is 0 Å². The normalized spacial score (nSPS) is 14.7. The number of nitrogens with one attached hydrogen (secondary N) is 1. The highest BCUT2D eigenvalue weighted by atomic mass is 16.6. The van der Waals surface area contributed by atoms with E-state index in [0.717, 1.165) is 44.8 Å². The van der Waals surface area contributed by atoms with Gasteiger partial charge in [0.05, 0.1) is 6.21 Å². The van der Waals surface area contributed by atoms with Crippen molar-refractivity contribution in [2.75, 3.05) is 32.8 Å². The molecule has 1 aliphatic heterocycles. The summed E-state index contributed by atoms with van der Waals surface area (Å²) in [6.45, 7) is 11.3. The van der Waals surface area contributed by atoms with Gasteiger partial charge in [-0.15, -0.1) is 0 Å². The van der Waals surface area contributed by atoms with Gasteiger partial charge in [-0.05, 0) is 73.9 Å². The molecule has 0 unspecified atom stereocenters. The first kappa shape index (κ1) is 29.0. The zero-order chi connectivity index (χ0) is 28.4. The second kappa shape index (κ2) is 13.9. The Morgan fingerprint density at radius 1 is 0.825 bits per heavy atom. The lowest BCUT2D eigenvalue weighted by Crippen LogP contribution is -2.45. The van der Waals surface area contributed by atoms with Crippen molar-refractivity contribution < 1.29 is 19.1 Å². The fourth-order valence-corrected chi connectivity index (χ4v) is 4.36. The van der Waals surface area contributed by atoms with Crippen LogP contribution in [0, 0.1) is 0 Å². The zero-order valence-corrected chi connectivity index (χ0v) is 23.5. The van der Waals surface area contributed by atoms with Crippen molar-refractivity contribution in [3.8, 4) is 5.75 Å². The standard InChI is InChI=1S/C32H38N4O4/c1-32(2,3)40-30(37)24-39-29-15-11-25(12-16-29)21-33-34-31(38)28-13-9-27(10-14-28)23-36-19-17-35(18-20-36)22-26-7-5-4-6-8-26/h4-16,21H,17-20,22-24H2,1-3H3,(H,34,38)/b33-21-. The average Bonchev–Trinajstić information content (AvgIpc) is 2.94. The van der Waals surface area contributed by atoms with Crippen LogP contribution in [-0.2, 0) is 22.6 Å². The molecule has 0 spiro atoms.